The molecule has 0 radical (unpaired) electrons. The molecule has 0 spiro atoms. The van der Waals surface area contributed by atoms with E-state index in [0.29, 0.717) is 24.1 Å². The van der Waals surface area contributed by atoms with E-state index in [0.717, 1.165) is 11.3 Å². The van der Waals surface area contributed by atoms with Crippen molar-refractivity contribution < 1.29 is 18.3 Å². The SMILES string of the molecule is CCC(O)(CC)c1csc(NS(=O)(=O)c2ccc(C(C)=O)cc2)n1. The smallest absolute Gasteiger partial charge is 0.263 e. The number of carbonyl (C=O) groups is 1. The fourth-order valence-corrected chi connectivity index (χ4v) is 4.24. The number of ketones is 1. The lowest BCUT2D eigenvalue weighted by Gasteiger charge is -2.22. The van der Waals surface area contributed by atoms with Crippen molar-refractivity contribution in [3.63, 3.8) is 0 Å². The maximum Gasteiger partial charge on any atom is 0.263 e. The van der Waals surface area contributed by atoms with Gasteiger partial charge < -0.3 is 5.11 Å². The van der Waals surface area contributed by atoms with Crippen molar-refractivity contribution >= 4 is 32.3 Å². The lowest BCUT2D eigenvalue weighted by atomic mass is 9.94. The summed E-state index contributed by atoms with van der Waals surface area (Å²) < 4.78 is 27.2. The molecule has 0 amide bonds. The summed E-state index contributed by atoms with van der Waals surface area (Å²) in [4.78, 5) is 15.5. The molecule has 0 unspecified atom stereocenters. The second-order valence-electron chi connectivity index (χ2n) is 5.46. The molecule has 130 valence electrons. The van der Waals surface area contributed by atoms with Crippen LogP contribution in [0.3, 0.4) is 0 Å². The maximum atomic E-state index is 12.4. The molecule has 0 aliphatic rings. The zero-order valence-corrected chi connectivity index (χ0v) is 15.4. The zero-order valence-electron chi connectivity index (χ0n) is 13.7. The Morgan fingerprint density at radius 2 is 1.83 bits per heavy atom. The van der Waals surface area contributed by atoms with Crippen LogP contribution in [0.15, 0.2) is 34.5 Å². The van der Waals surface area contributed by atoms with Crippen LogP contribution in [-0.2, 0) is 15.6 Å². The third-order valence-electron chi connectivity index (χ3n) is 3.94. The number of aliphatic hydroxyl groups is 1. The number of Topliss-reactive ketones (excluding diaryl/α,β-unsaturated/α-hetero) is 1. The summed E-state index contributed by atoms with van der Waals surface area (Å²) in [7, 11) is -3.80. The quantitative estimate of drug-likeness (QED) is 0.732. The fourth-order valence-electron chi connectivity index (χ4n) is 2.19. The topological polar surface area (TPSA) is 96.4 Å². The van der Waals surface area contributed by atoms with Crippen molar-refractivity contribution in [3.05, 3.63) is 40.9 Å². The monoisotopic (exact) mass is 368 g/mol. The van der Waals surface area contributed by atoms with E-state index in [9.17, 15) is 18.3 Å². The van der Waals surface area contributed by atoms with Crippen LogP contribution >= 0.6 is 11.3 Å². The van der Waals surface area contributed by atoms with Gasteiger partial charge in [-0.25, -0.2) is 13.4 Å². The molecule has 1 aromatic carbocycles. The summed E-state index contributed by atoms with van der Waals surface area (Å²) in [6.45, 7) is 5.12. The highest BCUT2D eigenvalue weighted by Gasteiger charge is 2.28. The Morgan fingerprint density at radius 1 is 1.25 bits per heavy atom. The third-order valence-corrected chi connectivity index (χ3v) is 6.19. The molecule has 2 aromatic rings. The Hall–Kier alpha value is -1.77. The van der Waals surface area contributed by atoms with Crippen LogP contribution in [0.4, 0.5) is 5.13 Å². The van der Waals surface area contributed by atoms with Gasteiger partial charge >= 0.3 is 0 Å². The highest BCUT2D eigenvalue weighted by molar-refractivity contribution is 7.93. The summed E-state index contributed by atoms with van der Waals surface area (Å²) >= 11 is 1.12. The van der Waals surface area contributed by atoms with Crippen LogP contribution < -0.4 is 4.72 Å². The van der Waals surface area contributed by atoms with E-state index in [2.05, 4.69) is 9.71 Å². The van der Waals surface area contributed by atoms with Crippen LogP contribution in [0.5, 0.6) is 0 Å². The Labute approximate surface area is 145 Å². The van der Waals surface area contributed by atoms with E-state index in [-0.39, 0.29) is 15.8 Å². The van der Waals surface area contributed by atoms with Crippen molar-refractivity contribution in [2.75, 3.05) is 4.72 Å². The second-order valence-corrected chi connectivity index (χ2v) is 8.00. The van der Waals surface area contributed by atoms with E-state index in [1.165, 1.54) is 31.2 Å². The molecule has 1 aromatic heterocycles. The van der Waals surface area contributed by atoms with Gasteiger partial charge in [0.15, 0.2) is 10.9 Å². The number of carbonyl (C=O) groups excluding carboxylic acids is 1. The van der Waals surface area contributed by atoms with E-state index in [4.69, 9.17) is 0 Å². The van der Waals surface area contributed by atoms with Crippen molar-refractivity contribution in [1.29, 1.82) is 0 Å². The van der Waals surface area contributed by atoms with Crippen molar-refractivity contribution in [2.45, 2.75) is 44.1 Å². The first-order valence-electron chi connectivity index (χ1n) is 7.54. The number of hydrogen-bond acceptors (Lipinski definition) is 6. The molecule has 2 rings (SSSR count). The predicted octanol–water partition coefficient (Wildman–Crippen LogP) is 3.15. The Bertz CT molecular complexity index is 822. The standard InChI is InChI=1S/C16H20N2O4S2/c1-4-16(20,5-2)14-10-23-15(17-14)18-24(21,22)13-8-6-12(7-9-13)11(3)19/h6-10,20H,4-5H2,1-3H3,(H,17,18). The first-order valence-corrected chi connectivity index (χ1v) is 9.90. The Morgan fingerprint density at radius 3 is 2.33 bits per heavy atom. The number of nitrogens with zero attached hydrogens (tertiary/aromatic N) is 1. The molecular weight excluding hydrogens is 348 g/mol. The number of rotatable bonds is 7. The predicted molar refractivity (Wildman–Crippen MR) is 93.8 cm³/mol. The van der Waals surface area contributed by atoms with Gasteiger partial charge in [0.05, 0.1) is 10.6 Å². The van der Waals surface area contributed by atoms with Gasteiger partial charge in [-0.1, -0.05) is 26.0 Å². The molecule has 6 nitrogen and oxygen atoms in total. The number of nitrogens with one attached hydrogen (secondary N) is 1. The van der Waals surface area contributed by atoms with Gasteiger partial charge in [-0.2, -0.15) is 0 Å². The van der Waals surface area contributed by atoms with E-state index in [1.807, 2.05) is 13.8 Å². The minimum Gasteiger partial charge on any atom is -0.384 e. The van der Waals surface area contributed by atoms with Crippen molar-refractivity contribution in [2.24, 2.45) is 0 Å². The molecule has 24 heavy (non-hydrogen) atoms. The van der Waals surface area contributed by atoms with Crippen LogP contribution in [-0.4, -0.2) is 24.3 Å². The fraction of sp³-hybridized carbons (Fsp3) is 0.375. The Balaban J connectivity index is 2.24. The van der Waals surface area contributed by atoms with E-state index < -0.39 is 15.6 Å². The normalized spacial score (nSPS) is 12.2. The van der Waals surface area contributed by atoms with Gasteiger partial charge in [-0.15, -0.1) is 11.3 Å². The number of benzene rings is 1. The van der Waals surface area contributed by atoms with Crippen LogP contribution in [0.25, 0.3) is 0 Å². The average Bonchev–Trinajstić information content (AvgIpc) is 3.02. The summed E-state index contributed by atoms with van der Waals surface area (Å²) in [6, 6.07) is 5.69. The van der Waals surface area contributed by atoms with Gasteiger partial charge in [-0.05, 0) is 31.9 Å². The Kier molecular flexibility index (Phi) is 5.42. The first-order chi connectivity index (χ1) is 11.2. The summed E-state index contributed by atoms with van der Waals surface area (Å²) in [5, 5.41) is 12.3. The molecular formula is C16H20N2O4S2. The lowest BCUT2D eigenvalue weighted by Crippen LogP contribution is -2.24. The highest BCUT2D eigenvalue weighted by atomic mass is 32.2. The average molecular weight is 368 g/mol. The molecule has 0 fully saturated rings. The van der Waals surface area contributed by atoms with Gasteiger partial charge in [0.2, 0.25) is 0 Å². The maximum absolute atomic E-state index is 12.4. The third kappa shape index (κ3) is 3.82. The molecule has 0 aliphatic heterocycles. The van der Waals surface area contributed by atoms with E-state index >= 15 is 0 Å². The van der Waals surface area contributed by atoms with E-state index in [1.54, 1.807) is 5.38 Å². The first kappa shape index (κ1) is 18.6. The number of thiazole rings is 1. The van der Waals surface area contributed by atoms with Gasteiger partial charge in [0, 0.05) is 10.9 Å². The lowest BCUT2D eigenvalue weighted by molar-refractivity contribution is 0.0247. The second kappa shape index (κ2) is 7.00. The summed E-state index contributed by atoms with van der Waals surface area (Å²) in [6.07, 6.45) is 0.984. The van der Waals surface area contributed by atoms with Crippen molar-refractivity contribution in [1.82, 2.24) is 4.98 Å². The van der Waals surface area contributed by atoms with Gasteiger partial charge in [-0.3, -0.25) is 9.52 Å². The number of hydrogen-bond donors (Lipinski definition) is 2. The molecule has 0 saturated carbocycles. The summed E-state index contributed by atoms with van der Waals surface area (Å²) in [5.41, 5.74) is -0.146. The molecule has 0 aliphatic carbocycles. The number of sulfonamides is 1. The number of aromatic nitrogens is 1. The minimum atomic E-state index is -3.80. The molecule has 1 heterocycles. The largest absolute Gasteiger partial charge is 0.384 e. The minimum absolute atomic E-state index is 0.0468. The zero-order chi connectivity index (χ0) is 18.0. The van der Waals surface area contributed by atoms with Crippen LogP contribution in [0, 0.1) is 0 Å². The van der Waals surface area contributed by atoms with Crippen LogP contribution in [0.1, 0.15) is 49.7 Å². The van der Waals surface area contributed by atoms with Gasteiger partial charge in [0.1, 0.15) is 5.60 Å². The molecule has 2 N–H and O–H groups in total. The van der Waals surface area contributed by atoms with Crippen LogP contribution in [0.2, 0.25) is 0 Å². The molecule has 8 heteroatoms. The number of anilines is 1. The van der Waals surface area contributed by atoms with Crippen molar-refractivity contribution in [3.8, 4) is 0 Å². The summed E-state index contributed by atoms with van der Waals surface area (Å²) in [5.74, 6) is -0.130. The highest BCUT2D eigenvalue weighted by Crippen LogP contribution is 2.31. The molecule has 0 atom stereocenters. The molecule has 0 saturated heterocycles. The van der Waals surface area contributed by atoms with Gasteiger partial charge in [0.25, 0.3) is 10.0 Å². The molecule has 0 bridgehead atoms.